The molecule has 2 N–H and O–H groups in total. The van der Waals surface area contributed by atoms with Gasteiger partial charge in [-0.05, 0) is 58.4 Å². The highest BCUT2D eigenvalue weighted by Gasteiger charge is 2.70. The predicted molar refractivity (Wildman–Crippen MR) is 144 cm³/mol. The van der Waals surface area contributed by atoms with Gasteiger partial charge in [-0.3, -0.25) is 9.79 Å². The number of aliphatic imine (C=N–C) groups is 1. The number of carbonyl (C=O) groups is 2. The van der Waals surface area contributed by atoms with E-state index in [0.29, 0.717) is 23.1 Å². The molecule has 0 aromatic heterocycles. The van der Waals surface area contributed by atoms with Gasteiger partial charge in [0.25, 0.3) is 0 Å². The molecule has 194 valence electrons. The number of hydrogen-bond donors (Lipinski definition) is 1. The number of ether oxygens (including phenoxy) is 2. The monoisotopic (exact) mass is 587 g/mol. The lowest BCUT2D eigenvalue weighted by atomic mass is 9.85. The number of nitrogens with two attached hydrogens (primary N) is 1. The molecular formula is C24H35BrFN3O4SSi. The van der Waals surface area contributed by atoms with E-state index in [-0.39, 0.29) is 17.8 Å². The standard InChI is InChI=1S/C24H35BrFN3O4SSi/c1-22(2,3)33-21(31)29(14-32-10-11-35(5,6)7)20-28-23(4,16-12-15(25)8-9-17(16)26)18-13-24(18,34-20)19(27)30/h8-9,12,18H,10-11,13-14H2,1-7H3,(H2,27,30)/t18-,23+,24-/m0/s1. The van der Waals surface area contributed by atoms with Crippen molar-refractivity contribution in [2.24, 2.45) is 16.6 Å². The molecule has 0 spiro atoms. The lowest BCUT2D eigenvalue weighted by molar-refractivity contribution is -0.118. The van der Waals surface area contributed by atoms with Crippen molar-refractivity contribution in [3.63, 3.8) is 0 Å². The van der Waals surface area contributed by atoms with Crippen LogP contribution in [0.2, 0.25) is 25.7 Å². The minimum absolute atomic E-state index is 0.0955. The number of nitrogens with zero attached hydrogens (tertiary/aromatic N) is 2. The van der Waals surface area contributed by atoms with Crippen LogP contribution in [-0.2, 0) is 19.8 Å². The Balaban J connectivity index is 2.03. The van der Waals surface area contributed by atoms with Gasteiger partial charge in [-0.25, -0.2) is 14.1 Å². The summed E-state index contributed by atoms with van der Waals surface area (Å²) in [6.07, 6.45) is -0.214. The SMILES string of the molecule is CC(C)(C)OC(=O)N(COCC[Si](C)(C)C)C1=N[C@](C)(c2cc(Br)ccc2F)[C@@H]2C[C@]2(C(N)=O)S1. The summed E-state index contributed by atoms with van der Waals surface area (Å²) in [5, 5.41) is 0.238. The molecule has 3 rings (SSSR count). The highest BCUT2D eigenvalue weighted by atomic mass is 79.9. The number of halogens is 2. The Morgan fingerprint density at radius 3 is 2.57 bits per heavy atom. The first-order valence-electron chi connectivity index (χ1n) is 11.6. The van der Waals surface area contributed by atoms with E-state index < -0.39 is 41.8 Å². The number of rotatable bonds is 7. The normalized spacial score (nSPS) is 26.0. The molecule has 7 nitrogen and oxygen atoms in total. The fourth-order valence-corrected chi connectivity index (χ4v) is 6.72. The Kier molecular flexibility index (Phi) is 7.87. The number of primary amides is 1. The minimum atomic E-state index is -1.35. The summed E-state index contributed by atoms with van der Waals surface area (Å²) >= 11 is 4.55. The van der Waals surface area contributed by atoms with Gasteiger partial charge in [0.2, 0.25) is 5.91 Å². The third-order valence-electron chi connectivity index (χ3n) is 6.14. The molecular weight excluding hydrogens is 553 g/mol. The van der Waals surface area contributed by atoms with Gasteiger partial charge >= 0.3 is 6.09 Å². The zero-order chi connectivity index (χ0) is 26.4. The Labute approximate surface area is 220 Å². The quantitative estimate of drug-likeness (QED) is 0.251. The smallest absolute Gasteiger partial charge is 0.418 e. The van der Waals surface area contributed by atoms with Crippen LogP contribution in [0.1, 0.15) is 39.7 Å². The van der Waals surface area contributed by atoms with Crippen LogP contribution in [0.5, 0.6) is 0 Å². The molecule has 1 aliphatic heterocycles. The molecule has 0 saturated heterocycles. The second kappa shape index (κ2) is 9.79. The molecule has 1 fully saturated rings. The lowest BCUT2D eigenvalue weighted by Gasteiger charge is -2.37. The fourth-order valence-electron chi connectivity index (χ4n) is 4.08. The van der Waals surface area contributed by atoms with Gasteiger partial charge in [0.15, 0.2) is 5.17 Å². The lowest BCUT2D eigenvalue weighted by Crippen LogP contribution is -2.48. The molecule has 0 radical (unpaired) electrons. The Bertz CT molecular complexity index is 1040. The van der Waals surface area contributed by atoms with Gasteiger partial charge in [-0.1, -0.05) is 47.3 Å². The summed E-state index contributed by atoms with van der Waals surface area (Å²) in [5.74, 6) is -1.25. The third kappa shape index (κ3) is 6.29. The number of fused-ring (bicyclic) bond motifs is 1. The maximum Gasteiger partial charge on any atom is 0.418 e. The number of benzene rings is 1. The van der Waals surface area contributed by atoms with Crippen molar-refractivity contribution in [2.75, 3.05) is 13.3 Å². The molecule has 2 amide bonds. The van der Waals surface area contributed by atoms with E-state index in [1.807, 2.05) is 0 Å². The van der Waals surface area contributed by atoms with E-state index in [1.165, 1.54) is 11.0 Å². The van der Waals surface area contributed by atoms with Crippen LogP contribution in [-0.4, -0.2) is 53.8 Å². The van der Waals surface area contributed by atoms with Gasteiger partial charge in [0.1, 0.15) is 22.9 Å². The van der Waals surface area contributed by atoms with Gasteiger partial charge in [0.05, 0.1) is 5.54 Å². The highest BCUT2D eigenvalue weighted by molar-refractivity contribution is 9.10. The maximum atomic E-state index is 15.0. The van der Waals surface area contributed by atoms with Crippen LogP contribution >= 0.6 is 27.7 Å². The van der Waals surface area contributed by atoms with Crippen molar-refractivity contribution < 1.29 is 23.5 Å². The molecule has 3 atom stereocenters. The van der Waals surface area contributed by atoms with Crippen LogP contribution in [0.3, 0.4) is 0 Å². The van der Waals surface area contributed by atoms with Crippen molar-refractivity contribution >= 4 is 52.9 Å². The number of carbonyl (C=O) groups excluding carboxylic acids is 2. The highest BCUT2D eigenvalue weighted by Crippen LogP contribution is 2.66. The Morgan fingerprint density at radius 2 is 2.00 bits per heavy atom. The largest absolute Gasteiger partial charge is 0.443 e. The molecule has 1 aromatic rings. The first-order chi connectivity index (χ1) is 16.0. The summed E-state index contributed by atoms with van der Waals surface area (Å²) in [4.78, 5) is 32.0. The van der Waals surface area contributed by atoms with Crippen LogP contribution in [0.25, 0.3) is 0 Å². The molecule has 1 aliphatic carbocycles. The van der Waals surface area contributed by atoms with Crippen LogP contribution < -0.4 is 5.73 Å². The number of hydrogen-bond acceptors (Lipinski definition) is 6. The van der Waals surface area contributed by atoms with Crippen molar-refractivity contribution in [3.05, 3.63) is 34.1 Å². The zero-order valence-corrected chi connectivity index (χ0v) is 24.8. The summed E-state index contributed by atoms with van der Waals surface area (Å²) in [6, 6.07) is 5.56. The number of amides is 2. The van der Waals surface area contributed by atoms with Crippen LogP contribution in [0, 0.1) is 11.7 Å². The van der Waals surface area contributed by atoms with Gasteiger partial charge in [0, 0.05) is 30.6 Å². The first kappa shape index (κ1) is 28.1. The summed E-state index contributed by atoms with van der Waals surface area (Å²) in [5.41, 5.74) is 4.31. The maximum absolute atomic E-state index is 15.0. The van der Waals surface area contributed by atoms with E-state index >= 15 is 4.39 Å². The second-order valence-corrected chi connectivity index (χ2v) is 19.4. The van der Waals surface area contributed by atoms with E-state index in [2.05, 4.69) is 35.6 Å². The van der Waals surface area contributed by atoms with E-state index in [0.717, 1.165) is 17.8 Å². The zero-order valence-electron chi connectivity index (χ0n) is 21.4. The molecule has 1 saturated carbocycles. The number of amidine groups is 1. The second-order valence-electron chi connectivity index (χ2n) is 11.5. The predicted octanol–water partition coefficient (Wildman–Crippen LogP) is 5.70. The van der Waals surface area contributed by atoms with Crippen molar-refractivity contribution in [1.82, 2.24) is 4.90 Å². The van der Waals surface area contributed by atoms with Gasteiger partial charge in [-0.2, -0.15) is 0 Å². The van der Waals surface area contributed by atoms with E-state index in [1.54, 1.807) is 39.8 Å². The summed E-state index contributed by atoms with van der Waals surface area (Å²) < 4.78 is 26.3. The van der Waals surface area contributed by atoms with Crippen molar-refractivity contribution in [1.29, 1.82) is 0 Å². The molecule has 11 heteroatoms. The molecule has 35 heavy (non-hydrogen) atoms. The molecule has 1 aromatic carbocycles. The van der Waals surface area contributed by atoms with E-state index in [4.69, 9.17) is 20.2 Å². The van der Waals surface area contributed by atoms with Crippen molar-refractivity contribution in [2.45, 2.75) is 75.7 Å². The van der Waals surface area contributed by atoms with E-state index in [9.17, 15) is 9.59 Å². The molecule has 0 unspecified atom stereocenters. The molecule has 1 heterocycles. The first-order valence-corrected chi connectivity index (χ1v) is 16.9. The van der Waals surface area contributed by atoms with Gasteiger partial charge < -0.3 is 15.2 Å². The van der Waals surface area contributed by atoms with Crippen LogP contribution in [0.15, 0.2) is 27.7 Å². The van der Waals surface area contributed by atoms with Gasteiger partial charge in [-0.15, -0.1) is 0 Å². The minimum Gasteiger partial charge on any atom is -0.443 e. The average molecular weight is 589 g/mol. The summed E-state index contributed by atoms with van der Waals surface area (Å²) in [7, 11) is -1.35. The summed E-state index contributed by atoms with van der Waals surface area (Å²) in [6.45, 7) is 14.2. The van der Waals surface area contributed by atoms with Crippen molar-refractivity contribution in [3.8, 4) is 0 Å². The Hall–Kier alpha value is -1.43. The molecule has 0 bridgehead atoms. The average Bonchev–Trinajstić information content (AvgIpc) is 3.45. The number of thioether (sulfide) groups is 1. The van der Waals surface area contributed by atoms with Crippen LogP contribution in [0.4, 0.5) is 9.18 Å². The Morgan fingerprint density at radius 1 is 1.34 bits per heavy atom. The third-order valence-corrected chi connectivity index (χ3v) is 9.85. The topological polar surface area (TPSA) is 94.2 Å². The fraction of sp³-hybridized carbons (Fsp3) is 0.625. The molecule has 2 aliphatic rings.